The maximum atomic E-state index is 11.0. The Morgan fingerprint density at radius 2 is 1.67 bits per heavy atom. The van der Waals surface area contributed by atoms with Crippen LogP contribution in [-0.4, -0.2) is 23.3 Å². The first-order valence-electron chi connectivity index (χ1n) is 9.57. The first kappa shape index (κ1) is 22.5. The molecule has 27 heavy (non-hydrogen) atoms. The molecule has 0 aliphatic carbocycles. The van der Waals surface area contributed by atoms with Gasteiger partial charge in [0.05, 0.1) is 28.9 Å². The molecule has 0 aliphatic heterocycles. The Hall–Kier alpha value is -0.820. The van der Waals surface area contributed by atoms with Crippen LogP contribution in [0.15, 0.2) is 12.1 Å². The lowest BCUT2D eigenvalue weighted by Crippen LogP contribution is -2.37. The van der Waals surface area contributed by atoms with Gasteiger partial charge in [-0.05, 0) is 12.8 Å². The summed E-state index contributed by atoms with van der Waals surface area (Å²) in [4.78, 5) is 0. The lowest BCUT2D eigenvalue weighted by molar-refractivity contribution is -0.678. The summed E-state index contributed by atoms with van der Waals surface area (Å²) in [5, 5.41) is 0.986. The Bertz CT molecular complexity index is 879. The maximum Gasteiger partial charge on any atom is 0.265 e. The fourth-order valence-electron chi connectivity index (χ4n) is 3.47. The first-order chi connectivity index (χ1) is 12.7. The highest BCUT2D eigenvalue weighted by Gasteiger charge is 2.23. The third-order valence-corrected chi connectivity index (χ3v) is 6.43. The minimum absolute atomic E-state index is 0.259. The molecular weight excluding hydrogens is 407 g/mol. The number of aryl methyl sites for hydroxylation is 2. The molecule has 1 aromatic carbocycles. The summed E-state index contributed by atoms with van der Waals surface area (Å²) in [5.41, 5.74) is 1.94. The minimum Gasteiger partial charge on any atom is -0.286 e. The molecule has 0 radical (unpaired) electrons. The van der Waals surface area contributed by atoms with E-state index >= 15 is 0 Å². The van der Waals surface area contributed by atoms with Gasteiger partial charge in [0.1, 0.15) is 0 Å². The average molecular weight is 436 g/mol. The maximum absolute atomic E-state index is 11.0. The molecule has 0 bridgehead atoms. The largest absolute Gasteiger partial charge is 0.286 e. The molecule has 2 rings (SSSR count). The van der Waals surface area contributed by atoms with Gasteiger partial charge < -0.3 is 0 Å². The first-order valence-corrected chi connectivity index (χ1v) is 11.9. The van der Waals surface area contributed by atoms with E-state index in [2.05, 4.69) is 16.1 Å². The van der Waals surface area contributed by atoms with Crippen molar-refractivity contribution in [3.8, 4) is 0 Å². The van der Waals surface area contributed by atoms with Crippen molar-refractivity contribution >= 4 is 44.4 Å². The van der Waals surface area contributed by atoms with Crippen molar-refractivity contribution < 1.29 is 17.5 Å². The van der Waals surface area contributed by atoms with Crippen molar-refractivity contribution in [1.82, 2.24) is 4.57 Å². The molecular formula is C19H29Cl2N2O3S+. The smallest absolute Gasteiger partial charge is 0.265 e. The van der Waals surface area contributed by atoms with E-state index in [-0.39, 0.29) is 5.75 Å². The predicted octanol–water partition coefficient (Wildman–Crippen LogP) is 5.18. The van der Waals surface area contributed by atoms with Gasteiger partial charge in [0.15, 0.2) is 11.0 Å². The van der Waals surface area contributed by atoms with Crippen LogP contribution in [0, 0.1) is 6.92 Å². The zero-order valence-corrected chi connectivity index (χ0v) is 18.4. The molecule has 0 atom stereocenters. The average Bonchev–Trinajstić information content (AvgIpc) is 2.82. The predicted molar refractivity (Wildman–Crippen MR) is 111 cm³/mol. The number of benzene rings is 1. The summed E-state index contributed by atoms with van der Waals surface area (Å²) in [6.45, 7) is 5.61. The zero-order valence-electron chi connectivity index (χ0n) is 16.0. The van der Waals surface area contributed by atoms with Crippen LogP contribution in [-0.2, 0) is 23.2 Å². The van der Waals surface area contributed by atoms with Gasteiger partial charge in [-0.25, -0.2) is 9.13 Å². The number of fused-ring (bicyclic) bond motifs is 1. The normalized spacial score (nSPS) is 12.2. The van der Waals surface area contributed by atoms with Crippen molar-refractivity contribution in [1.29, 1.82) is 0 Å². The Labute approximate surface area is 172 Å². The molecule has 0 saturated carbocycles. The molecule has 0 fully saturated rings. The lowest BCUT2D eigenvalue weighted by atomic mass is 10.1. The van der Waals surface area contributed by atoms with Crippen LogP contribution in [0.25, 0.3) is 11.0 Å². The van der Waals surface area contributed by atoms with Gasteiger partial charge in [-0.15, -0.1) is 0 Å². The second-order valence-electron chi connectivity index (χ2n) is 7.01. The number of hydrogen-bond acceptors (Lipinski definition) is 2. The van der Waals surface area contributed by atoms with E-state index in [0.717, 1.165) is 29.8 Å². The molecule has 0 unspecified atom stereocenters. The number of halogens is 2. The van der Waals surface area contributed by atoms with E-state index in [9.17, 15) is 8.42 Å². The van der Waals surface area contributed by atoms with Crippen molar-refractivity contribution in [2.75, 3.05) is 5.75 Å². The Morgan fingerprint density at radius 1 is 1.04 bits per heavy atom. The molecule has 0 saturated heterocycles. The molecule has 0 spiro atoms. The topological polar surface area (TPSA) is 63.2 Å². The monoisotopic (exact) mass is 435 g/mol. The molecule has 152 valence electrons. The highest BCUT2D eigenvalue weighted by molar-refractivity contribution is 7.85. The highest BCUT2D eigenvalue weighted by atomic mass is 35.5. The number of imidazole rings is 1. The number of unbranched alkanes of at least 4 members (excludes halogenated alkanes) is 5. The second kappa shape index (κ2) is 10.1. The third kappa shape index (κ3) is 6.34. The van der Waals surface area contributed by atoms with Gasteiger partial charge in [0.2, 0.25) is 0 Å². The number of hydrogen-bond donors (Lipinski definition) is 1. The minimum atomic E-state index is -3.96. The molecule has 0 aliphatic rings. The number of nitrogens with zero attached hydrogens (tertiary/aromatic N) is 2. The van der Waals surface area contributed by atoms with E-state index in [4.69, 9.17) is 27.8 Å². The summed E-state index contributed by atoms with van der Waals surface area (Å²) in [5.74, 6) is 0.775. The van der Waals surface area contributed by atoms with Crippen LogP contribution in [0.4, 0.5) is 0 Å². The van der Waals surface area contributed by atoms with E-state index in [0.29, 0.717) is 23.0 Å². The Morgan fingerprint density at radius 3 is 2.33 bits per heavy atom. The lowest BCUT2D eigenvalue weighted by Gasteiger charge is -2.02. The van der Waals surface area contributed by atoms with E-state index < -0.39 is 10.1 Å². The molecule has 1 N–H and O–H groups in total. The Balaban J connectivity index is 2.22. The van der Waals surface area contributed by atoms with Crippen LogP contribution >= 0.6 is 23.2 Å². The fourth-order valence-corrected chi connectivity index (χ4v) is 4.28. The summed E-state index contributed by atoms with van der Waals surface area (Å²) < 4.78 is 35.3. The molecule has 8 heteroatoms. The van der Waals surface area contributed by atoms with Crippen molar-refractivity contribution in [3.63, 3.8) is 0 Å². The van der Waals surface area contributed by atoms with Crippen LogP contribution in [0.2, 0.25) is 10.0 Å². The van der Waals surface area contributed by atoms with Gasteiger partial charge >= 0.3 is 0 Å². The van der Waals surface area contributed by atoms with Crippen LogP contribution in [0.5, 0.6) is 0 Å². The molecule has 2 aromatic rings. The highest BCUT2D eigenvalue weighted by Crippen LogP contribution is 2.28. The fraction of sp³-hybridized carbons (Fsp3) is 0.632. The summed E-state index contributed by atoms with van der Waals surface area (Å²) in [6.07, 6.45) is 7.65. The number of rotatable bonds is 11. The van der Waals surface area contributed by atoms with Gasteiger partial charge in [-0.2, -0.15) is 8.42 Å². The summed E-state index contributed by atoms with van der Waals surface area (Å²) >= 11 is 12.4. The molecule has 0 amide bonds. The Kier molecular flexibility index (Phi) is 8.40. The van der Waals surface area contributed by atoms with E-state index in [1.807, 2.05) is 19.1 Å². The van der Waals surface area contributed by atoms with Crippen molar-refractivity contribution in [2.24, 2.45) is 0 Å². The standard InChI is InChI=1S/C19H28Cl2N2O3S/c1-3-4-5-6-7-8-10-22-15(2)23(11-9-12-27(24,25)26)19-14-17(21)16(20)13-18(19)22/h13-14H,3-12H2,1-2H3/p+1. The quantitative estimate of drug-likeness (QED) is 0.300. The SMILES string of the molecule is CCCCCCCCn1c(C)[n+](CCCS(=O)(=O)O)c2cc(Cl)c(Cl)cc21. The van der Waals surface area contributed by atoms with Crippen molar-refractivity contribution in [2.45, 2.75) is 71.9 Å². The van der Waals surface area contributed by atoms with Gasteiger partial charge in [0, 0.05) is 25.5 Å². The summed E-state index contributed by atoms with van der Waals surface area (Å²) in [7, 11) is -3.96. The molecule has 5 nitrogen and oxygen atoms in total. The van der Waals surface area contributed by atoms with Crippen LogP contribution in [0.3, 0.4) is 0 Å². The third-order valence-electron chi connectivity index (χ3n) is 4.90. The van der Waals surface area contributed by atoms with Crippen LogP contribution < -0.4 is 4.57 Å². The summed E-state index contributed by atoms with van der Waals surface area (Å²) in [6, 6.07) is 3.71. The second-order valence-corrected chi connectivity index (χ2v) is 9.40. The molecule has 1 aromatic heterocycles. The van der Waals surface area contributed by atoms with E-state index in [1.165, 1.54) is 32.1 Å². The van der Waals surface area contributed by atoms with E-state index in [1.54, 1.807) is 0 Å². The van der Waals surface area contributed by atoms with Gasteiger partial charge in [-0.1, -0.05) is 55.8 Å². The molecule has 1 heterocycles. The van der Waals surface area contributed by atoms with Gasteiger partial charge in [0.25, 0.3) is 15.9 Å². The van der Waals surface area contributed by atoms with Crippen LogP contribution in [0.1, 0.15) is 57.7 Å². The van der Waals surface area contributed by atoms with Crippen molar-refractivity contribution in [3.05, 3.63) is 28.0 Å². The van der Waals surface area contributed by atoms with Gasteiger partial charge in [-0.3, -0.25) is 4.55 Å². The zero-order chi connectivity index (χ0) is 20.0. The number of aromatic nitrogens is 2.